The summed E-state index contributed by atoms with van der Waals surface area (Å²) in [5, 5.41) is 3.89. The number of ether oxygens (including phenoxy) is 1. The van der Waals surface area contributed by atoms with E-state index in [1.165, 1.54) is 0 Å². The predicted octanol–water partition coefficient (Wildman–Crippen LogP) is 2.10. The molecule has 19 heavy (non-hydrogen) atoms. The molecule has 1 N–H and O–H groups in total. The molecule has 0 spiro atoms. The lowest BCUT2D eigenvalue weighted by molar-refractivity contribution is 0.0496. The number of hydrogen-bond acceptors (Lipinski definition) is 6. The fourth-order valence-electron chi connectivity index (χ4n) is 2.34. The summed E-state index contributed by atoms with van der Waals surface area (Å²) in [6.45, 7) is 4.17. The zero-order valence-electron chi connectivity index (χ0n) is 12.0. The van der Waals surface area contributed by atoms with Crippen LogP contribution in [0.25, 0.3) is 0 Å². The molecule has 2 heterocycles. The van der Waals surface area contributed by atoms with E-state index < -0.39 is 0 Å². The molecule has 1 aliphatic heterocycles. The Balaban J connectivity index is 2.21. The van der Waals surface area contributed by atoms with Crippen molar-refractivity contribution in [3.63, 3.8) is 0 Å². The van der Waals surface area contributed by atoms with E-state index in [0.717, 1.165) is 36.3 Å². The van der Waals surface area contributed by atoms with Gasteiger partial charge in [-0.15, -0.1) is 0 Å². The summed E-state index contributed by atoms with van der Waals surface area (Å²) in [6, 6.07) is 2.00. The van der Waals surface area contributed by atoms with Gasteiger partial charge in [0.25, 0.3) is 0 Å². The monoisotopic (exact) mass is 282 g/mol. The lowest BCUT2D eigenvalue weighted by Crippen LogP contribution is -2.44. The fraction of sp³-hybridized carbons (Fsp3) is 0.692. The summed E-state index contributed by atoms with van der Waals surface area (Å²) in [6.07, 6.45) is 3.40. The van der Waals surface area contributed by atoms with Crippen molar-refractivity contribution in [3.8, 4) is 0 Å². The number of methoxy groups -OCH3 is 1. The first kappa shape index (κ1) is 14.4. The van der Waals surface area contributed by atoms with Gasteiger partial charge in [0.05, 0.1) is 6.10 Å². The van der Waals surface area contributed by atoms with Gasteiger partial charge in [0.15, 0.2) is 5.16 Å². The molecule has 2 atom stereocenters. The Kier molecular flexibility index (Phi) is 4.87. The van der Waals surface area contributed by atoms with Gasteiger partial charge in [-0.2, -0.15) is 0 Å². The van der Waals surface area contributed by atoms with Crippen molar-refractivity contribution in [2.24, 2.45) is 5.92 Å². The van der Waals surface area contributed by atoms with Gasteiger partial charge in [0, 0.05) is 33.3 Å². The molecule has 1 fully saturated rings. The zero-order valence-corrected chi connectivity index (χ0v) is 12.8. The molecule has 0 amide bonds. The lowest BCUT2D eigenvalue weighted by Gasteiger charge is -2.37. The van der Waals surface area contributed by atoms with Crippen LogP contribution >= 0.6 is 11.8 Å². The molecule has 1 saturated heterocycles. The van der Waals surface area contributed by atoms with Crippen LogP contribution in [0.15, 0.2) is 11.2 Å². The summed E-state index contributed by atoms with van der Waals surface area (Å²) in [5.41, 5.74) is 0. The van der Waals surface area contributed by atoms with Crippen molar-refractivity contribution in [2.75, 3.05) is 43.7 Å². The summed E-state index contributed by atoms with van der Waals surface area (Å²) < 4.78 is 5.56. The molecule has 1 aromatic rings. The Morgan fingerprint density at radius 1 is 1.47 bits per heavy atom. The van der Waals surface area contributed by atoms with Crippen LogP contribution in [0.2, 0.25) is 0 Å². The molecule has 6 heteroatoms. The van der Waals surface area contributed by atoms with Crippen LogP contribution in [-0.2, 0) is 4.74 Å². The molecule has 2 rings (SSSR count). The van der Waals surface area contributed by atoms with Crippen molar-refractivity contribution < 1.29 is 4.74 Å². The number of rotatable bonds is 4. The average Bonchev–Trinajstić information content (AvgIpc) is 2.47. The van der Waals surface area contributed by atoms with Gasteiger partial charge in [-0.25, -0.2) is 9.97 Å². The van der Waals surface area contributed by atoms with E-state index in [4.69, 9.17) is 4.74 Å². The van der Waals surface area contributed by atoms with E-state index in [-0.39, 0.29) is 6.10 Å². The van der Waals surface area contributed by atoms with Gasteiger partial charge in [0.2, 0.25) is 0 Å². The van der Waals surface area contributed by atoms with Gasteiger partial charge in [-0.1, -0.05) is 18.7 Å². The molecular formula is C13H22N4OS. The van der Waals surface area contributed by atoms with Gasteiger partial charge in [-0.3, -0.25) is 0 Å². The van der Waals surface area contributed by atoms with Crippen molar-refractivity contribution in [2.45, 2.75) is 24.6 Å². The number of nitrogens with zero attached hydrogens (tertiary/aromatic N) is 3. The van der Waals surface area contributed by atoms with Crippen molar-refractivity contribution in [3.05, 3.63) is 6.07 Å². The number of hydrogen-bond donors (Lipinski definition) is 1. The normalized spacial score (nSPS) is 23.5. The molecule has 0 radical (unpaired) electrons. The third-order valence-electron chi connectivity index (χ3n) is 3.65. The standard InChI is InChI=1S/C13H22N4OS/c1-9-5-6-17(8-10(9)18-3)12-7-11(14-2)15-13(16-12)19-4/h7,9-10H,5-6,8H2,1-4H3,(H,14,15,16). The highest BCUT2D eigenvalue weighted by Crippen LogP contribution is 2.26. The molecule has 1 aliphatic rings. The summed E-state index contributed by atoms with van der Waals surface area (Å²) in [5.74, 6) is 2.45. The Hall–Kier alpha value is -1.01. The quantitative estimate of drug-likeness (QED) is 0.674. The number of nitrogens with one attached hydrogen (secondary N) is 1. The van der Waals surface area contributed by atoms with Gasteiger partial charge < -0.3 is 15.0 Å². The van der Waals surface area contributed by atoms with Crippen molar-refractivity contribution >= 4 is 23.4 Å². The van der Waals surface area contributed by atoms with Crippen LogP contribution in [-0.4, -0.2) is 49.6 Å². The first-order chi connectivity index (χ1) is 9.17. The van der Waals surface area contributed by atoms with E-state index in [0.29, 0.717) is 5.92 Å². The second-order valence-corrected chi connectivity index (χ2v) is 5.61. The van der Waals surface area contributed by atoms with Crippen LogP contribution in [0.3, 0.4) is 0 Å². The van der Waals surface area contributed by atoms with E-state index >= 15 is 0 Å². The molecule has 2 unspecified atom stereocenters. The smallest absolute Gasteiger partial charge is 0.191 e. The number of anilines is 2. The molecule has 0 saturated carbocycles. The Labute approximate surface area is 119 Å². The minimum Gasteiger partial charge on any atom is -0.379 e. The summed E-state index contributed by atoms with van der Waals surface area (Å²) in [4.78, 5) is 11.3. The second kappa shape index (κ2) is 6.43. The van der Waals surface area contributed by atoms with Gasteiger partial charge in [0.1, 0.15) is 11.6 Å². The highest BCUT2D eigenvalue weighted by atomic mass is 32.2. The highest BCUT2D eigenvalue weighted by molar-refractivity contribution is 7.98. The first-order valence-electron chi connectivity index (χ1n) is 6.56. The van der Waals surface area contributed by atoms with Crippen LogP contribution in [0.5, 0.6) is 0 Å². The molecule has 106 valence electrons. The number of piperidine rings is 1. The molecule has 0 bridgehead atoms. The van der Waals surface area contributed by atoms with E-state index in [1.54, 1.807) is 18.9 Å². The number of aromatic nitrogens is 2. The fourth-order valence-corrected chi connectivity index (χ4v) is 2.72. The predicted molar refractivity (Wildman–Crippen MR) is 80.2 cm³/mol. The molecular weight excluding hydrogens is 260 g/mol. The molecule has 0 aromatic carbocycles. The Morgan fingerprint density at radius 3 is 2.89 bits per heavy atom. The topological polar surface area (TPSA) is 50.3 Å². The maximum Gasteiger partial charge on any atom is 0.191 e. The lowest BCUT2D eigenvalue weighted by atomic mass is 9.96. The van der Waals surface area contributed by atoms with E-state index in [1.807, 2.05) is 19.4 Å². The SMILES string of the molecule is CNc1cc(N2CCC(C)C(OC)C2)nc(SC)n1. The van der Waals surface area contributed by atoms with Crippen molar-refractivity contribution in [1.82, 2.24) is 9.97 Å². The highest BCUT2D eigenvalue weighted by Gasteiger charge is 2.27. The molecule has 0 aliphatic carbocycles. The number of thioether (sulfide) groups is 1. The Bertz CT molecular complexity index is 407. The van der Waals surface area contributed by atoms with Crippen LogP contribution in [0.1, 0.15) is 13.3 Å². The Morgan fingerprint density at radius 2 is 2.26 bits per heavy atom. The second-order valence-electron chi connectivity index (χ2n) is 4.83. The summed E-state index contributed by atoms with van der Waals surface area (Å²) in [7, 11) is 3.67. The molecule has 5 nitrogen and oxygen atoms in total. The first-order valence-corrected chi connectivity index (χ1v) is 7.79. The maximum atomic E-state index is 5.56. The van der Waals surface area contributed by atoms with Crippen LogP contribution < -0.4 is 10.2 Å². The maximum absolute atomic E-state index is 5.56. The largest absolute Gasteiger partial charge is 0.379 e. The summed E-state index contributed by atoms with van der Waals surface area (Å²) >= 11 is 1.56. The van der Waals surface area contributed by atoms with E-state index in [9.17, 15) is 0 Å². The van der Waals surface area contributed by atoms with Crippen molar-refractivity contribution in [1.29, 1.82) is 0 Å². The average molecular weight is 282 g/mol. The van der Waals surface area contributed by atoms with Gasteiger partial charge in [-0.05, 0) is 18.6 Å². The van der Waals surface area contributed by atoms with E-state index in [2.05, 4.69) is 27.1 Å². The van der Waals surface area contributed by atoms with Crippen LogP contribution in [0.4, 0.5) is 11.6 Å². The third-order valence-corrected chi connectivity index (χ3v) is 4.19. The minimum absolute atomic E-state index is 0.277. The molecule has 1 aromatic heterocycles. The minimum atomic E-state index is 0.277. The van der Waals surface area contributed by atoms with Gasteiger partial charge >= 0.3 is 0 Å². The zero-order chi connectivity index (χ0) is 13.8. The van der Waals surface area contributed by atoms with Crippen LogP contribution in [0, 0.1) is 5.92 Å². The third kappa shape index (κ3) is 3.30.